The lowest BCUT2D eigenvalue weighted by molar-refractivity contribution is 0.386. The second kappa shape index (κ2) is 4.58. The third-order valence-corrected chi connectivity index (χ3v) is 3.20. The zero-order valence-corrected chi connectivity index (χ0v) is 10.2. The third-order valence-electron chi connectivity index (χ3n) is 2.43. The Morgan fingerprint density at radius 3 is 3.06 bits per heavy atom. The van der Waals surface area contributed by atoms with Gasteiger partial charge in [-0.25, -0.2) is 0 Å². The lowest BCUT2D eigenvalue weighted by Gasteiger charge is -1.97. The molecular formula is C12H10N4OS. The number of hydrogen-bond donors (Lipinski definition) is 1. The predicted octanol–water partition coefficient (Wildman–Crippen LogP) is 2.37. The molecule has 3 rings (SSSR count). The van der Waals surface area contributed by atoms with Gasteiger partial charge in [-0.3, -0.25) is 4.98 Å². The molecule has 5 nitrogen and oxygen atoms in total. The molecule has 90 valence electrons. The van der Waals surface area contributed by atoms with Crippen molar-refractivity contribution in [1.82, 2.24) is 15.1 Å². The van der Waals surface area contributed by atoms with Crippen LogP contribution in [0.5, 0.6) is 0 Å². The van der Waals surface area contributed by atoms with Crippen LogP contribution >= 0.6 is 11.3 Å². The van der Waals surface area contributed by atoms with Crippen LogP contribution < -0.4 is 5.73 Å². The van der Waals surface area contributed by atoms with Crippen molar-refractivity contribution in [3.8, 4) is 10.7 Å². The Morgan fingerprint density at radius 2 is 2.28 bits per heavy atom. The van der Waals surface area contributed by atoms with Crippen LogP contribution in [0.4, 0.5) is 5.69 Å². The van der Waals surface area contributed by atoms with Gasteiger partial charge in [-0.2, -0.15) is 4.98 Å². The topological polar surface area (TPSA) is 77.8 Å². The minimum atomic E-state index is 0.573. The van der Waals surface area contributed by atoms with E-state index in [1.165, 1.54) is 11.3 Å². The van der Waals surface area contributed by atoms with E-state index in [0.717, 1.165) is 16.1 Å². The summed E-state index contributed by atoms with van der Waals surface area (Å²) in [6.45, 7) is 0. The number of benzene rings is 1. The first-order valence-corrected chi connectivity index (χ1v) is 6.25. The van der Waals surface area contributed by atoms with Crippen molar-refractivity contribution in [1.29, 1.82) is 0 Å². The summed E-state index contributed by atoms with van der Waals surface area (Å²) >= 11 is 1.48. The monoisotopic (exact) mass is 258 g/mol. The SMILES string of the molecule is Nc1cccc(Cc2nc(-c3cncs3)no2)c1. The van der Waals surface area contributed by atoms with E-state index < -0.39 is 0 Å². The number of anilines is 1. The summed E-state index contributed by atoms with van der Waals surface area (Å²) in [6, 6.07) is 7.63. The van der Waals surface area contributed by atoms with Gasteiger partial charge in [0.25, 0.3) is 0 Å². The maximum absolute atomic E-state index is 5.72. The second-order valence-electron chi connectivity index (χ2n) is 3.80. The average molecular weight is 258 g/mol. The molecule has 0 saturated heterocycles. The molecule has 2 heterocycles. The number of nitrogens with zero attached hydrogens (tertiary/aromatic N) is 3. The Labute approximate surface area is 107 Å². The first-order chi connectivity index (χ1) is 8.81. The smallest absolute Gasteiger partial charge is 0.231 e. The quantitative estimate of drug-likeness (QED) is 0.730. The van der Waals surface area contributed by atoms with Gasteiger partial charge in [0.2, 0.25) is 11.7 Å². The average Bonchev–Trinajstić information content (AvgIpc) is 2.98. The van der Waals surface area contributed by atoms with Gasteiger partial charge in [-0.15, -0.1) is 11.3 Å². The molecule has 0 aliphatic rings. The molecule has 0 amide bonds. The van der Waals surface area contributed by atoms with E-state index in [4.69, 9.17) is 10.3 Å². The highest BCUT2D eigenvalue weighted by Gasteiger charge is 2.10. The van der Waals surface area contributed by atoms with E-state index in [0.29, 0.717) is 18.1 Å². The van der Waals surface area contributed by atoms with Crippen molar-refractivity contribution >= 4 is 17.0 Å². The summed E-state index contributed by atoms with van der Waals surface area (Å²) in [5.74, 6) is 1.15. The van der Waals surface area contributed by atoms with Gasteiger partial charge in [-0.1, -0.05) is 17.3 Å². The summed E-state index contributed by atoms with van der Waals surface area (Å²) < 4.78 is 5.21. The van der Waals surface area contributed by atoms with Crippen molar-refractivity contribution in [2.24, 2.45) is 0 Å². The Hall–Kier alpha value is -2.21. The number of nitrogens with two attached hydrogens (primary N) is 1. The molecular weight excluding hydrogens is 248 g/mol. The number of aromatic nitrogens is 3. The molecule has 0 atom stereocenters. The molecule has 0 unspecified atom stereocenters. The van der Waals surface area contributed by atoms with Crippen molar-refractivity contribution in [2.45, 2.75) is 6.42 Å². The molecule has 18 heavy (non-hydrogen) atoms. The Kier molecular flexibility index (Phi) is 2.77. The molecule has 2 N–H and O–H groups in total. The predicted molar refractivity (Wildman–Crippen MR) is 69.1 cm³/mol. The summed E-state index contributed by atoms with van der Waals surface area (Å²) in [5, 5.41) is 3.93. The number of nitrogen functional groups attached to an aromatic ring is 1. The zero-order valence-electron chi connectivity index (χ0n) is 9.41. The van der Waals surface area contributed by atoms with E-state index in [1.54, 1.807) is 11.7 Å². The molecule has 0 bridgehead atoms. The van der Waals surface area contributed by atoms with Gasteiger partial charge in [-0.05, 0) is 17.7 Å². The molecule has 0 aliphatic heterocycles. The maximum Gasteiger partial charge on any atom is 0.231 e. The Morgan fingerprint density at radius 1 is 1.33 bits per heavy atom. The fourth-order valence-corrected chi connectivity index (χ4v) is 2.18. The van der Waals surface area contributed by atoms with Crippen LogP contribution in [0.3, 0.4) is 0 Å². The van der Waals surface area contributed by atoms with Crippen molar-refractivity contribution in [3.05, 3.63) is 47.4 Å². The summed E-state index contributed by atoms with van der Waals surface area (Å²) in [6.07, 6.45) is 2.30. The van der Waals surface area contributed by atoms with E-state index in [-0.39, 0.29) is 0 Å². The fraction of sp³-hybridized carbons (Fsp3) is 0.0833. The molecule has 3 aromatic rings. The van der Waals surface area contributed by atoms with Crippen LogP contribution in [0.2, 0.25) is 0 Å². The van der Waals surface area contributed by atoms with Crippen LogP contribution in [0.25, 0.3) is 10.7 Å². The molecule has 1 aromatic carbocycles. The summed E-state index contributed by atoms with van der Waals surface area (Å²) in [4.78, 5) is 9.21. The Bertz CT molecular complexity index is 648. The van der Waals surface area contributed by atoms with Crippen molar-refractivity contribution in [3.63, 3.8) is 0 Å². The van der Waals surface area contributed by atoms with Gasteiger partial charge < -0.3 is 10.3 Å². The van der Waals surface area contributed by atoms with Gasteiger partial charge in [0.1, 0.15) is 0 Å². The Balaban J connectivity index is 1.82. The number of rotatable bonds is 3. The standard InChI is InChI=1S/C12H10N4OS/c13-9-3-1-2-8(4-9)5-11-15-12(16-17-11)10-6-14-7-18-10/h1-4,6-7H,5,13H2. The highest BCUT2D eigenvalue weighted by molar-refractivity contribution is 7.13. The van der Waals surface area contributed by atoms with Crippen LogP contribution in [0.15, 0.2) is 40.5 Å². The lowest BCUT2D eigenvalue weighted by Crippen LogP contribution is -1.91. The van der Waals surface area contributed by atoms with Crippen LogP contribution in [0.1, 0.15) is 11.5 Å². The fourth-order valence-electron chi connectivity index (χ4n) is 1.63. The largest absolute Gasteiger partial charge is 0.399 e. The number of hydrogen-bond acceptors (Lipinski definition) is 6. The lowest BCUT2D eigenvalue weighted by atomic mass is 10.1. The van der Waals surface area contributed by atoms with E-state index >= 15 is 0 Å². The molecule has 0 radical (unpaired) electrons. The maximum atomic E-state index is 5.72. The first-order valence-electron chi connectivity index (χ1n) is 5.37. The summed E-state index contributed by atoms with van der Waals surface area (Å²) in [7, 11) is 0. The molecule has 0 fully saturated rings. The minimum Gasteiger partial charge on any atom is -0.399 e. The number of thiazole rings is 1. The van der Waals surface area contributed by atoms with Gasteiger partial charge in [0.15, 0.2) is 0 Å². The van der Waals surface area contributed by atoms with E-state index in [1.807, 2.05) is 24.3 Å². The summed E-state index contributed by atoms with van der Waals surface area (Å²) in [5.41, 5.74) is 9.24. The van der Waals surface area contributed by atoms with Gasteiger partial charge in [0.05, 0.1) is 16.8 Å². The molecule has 0 spiro atoms. The molecule has 0 aliphatic carbocycles. The van der Waals surface area contributed by atoms with E-state index in [2.05, 4.69) is 15.1 Å². The second-order valence-corrected chi connectivity index (χ2v) is 4.69. The first kappa shape index (κ1) is 10.9. The molecule has 6 heteroatoms. The van der Waals surface area contributed by atoms with Crippen LogP contribution in [0, 0.1) is 0 Å². The third kappa shape index (κ3) is 2.23. The highest BCUT2D eigenvalue weighted by Crippen LogP contribution is 2.20. The minimum absolute atomic E-state index is 0.573. The van der Waals surface area contributed by atoms with Crippen molar-refractivity contribution in [2.75, 3.05) is 5.73 Å². The molecule has 2 aromatic heterocycles. The van der Waals surface area contributed by atoms with Crippen molar-refractivity contribution < 1.29 is 4.52 Å². The van der Waals surface area contributed by atoms with Crippen LogP contribution in [-0.2, 0) is 6.42 Å². The van der Waals surface area contributed by atoms with Gasteiger partial charge in [0, 0.05) is 11.9 Å². The normalized spacial score (nSPS) is 10.7. The zero-order chi connectivity index (χ0) is 12.4. The van der Waals surface area contributed by atoms with Crippen LogP contribution in [-0.4, -0.2) is 15.1 Å². The van der Waals surface area contributed by atoms with E-state index in [9.17, 15) is 0 Å². The van der Waals surface area contributed by atoms with Gasteiger partial charge >= 0.3 is 0 Å². The molecule has 0 saturated carbocycles. The highest BCUT2D eigenvalue weighted by atomic mass is 32.1.